The second kappa shape index (κ2) is 8.72. The first-order chi connectivity index (χ1) is 16.8. The Bertz CT molecular complexity index is 1470. The SMILES string of the molecule is O=c1n(-c2ccc(-c3ccccc3)cc2)c2cccnc2n1[C@H]1CCN(Cc2ccccn2)C1. The Balaban J connectivity index is 1.34. The van der Waals surface area contributed by atoms with E-state index in [4.69, 9.17) is 0 Å². The summed E-state index contributed by atoms with van der Waals surface area (Å²) in [5, 5.41) is 0. The van der Waals surface area contributed by atoms with Crippen LogP contribution in [0, 0.1) is 0 Å². The molecule has 1 saturated heterocycles. The maximum atomic E-state index is 13.8. The van der Waals surface area contributed by atoms with Gasteiger partial charge < -0.3 is 0 Å². The summed E-state index contributed by atoms with van der Waals surface area (Å²) in [6, 6.07) is 28.4. The van der Waals surface area contributed by atoms with Gasteiger partial charge in [0.2, 0.25) is 0 Å². The number of aromatic nitrogens is 4. The molecule has 1 aliphatic heterocycles. The van der Waals surface area contributed by atoms with Crippen LogP contribution in [0.4, 0.5) is 0 Å². The van der Waals surface area contributed by atoms with E-state index < -0.39 is 0 Å². The number of hydrogen-bond acceptors (Lipinski definition) is 4. The number of imidazole rings is 1. The van der Waals surface area contributed by atoms with E-state index in [0.29, 0.717) is 0 Å². The van der Waals surface area contributed by atoms with Crippen LogP contribution in [0.15, 0.2) is 102 Å². The summed E-state index contributed by atoms with van der Waals surface area (Å²) >= 11 is 0. The molecule has 0 N–H and O–H groups in total. The van der Waals surface area contributed by atoms with Crippen molar-refractivity contribution >= 4 is 11.2 Å². The Kier molecular flexibility index (Phi) is 5.28. The van der Waals surface area contributed by atoms with Crippen molar-refractivity contribution in [2.24, 2.45) is 0 Å². The lowest BCUT2D eigenvalue weighted by atomic mass is 10.1. The van der Waals surface area contributed by atoms with Crippen molar-refractivity contribution in [3.05, 3.63) is 114 Å². The molecular formula is C28H25N5O. The van der Waals surface area contributed by atoms with Gasteiger partial charge in [-0.3, -0.25) is 19.0 Å². The van der Waals surface area contributed by atoms with E-state index in [9.17, 15) is 4.79 Å². The molecule has 1 atom stereocenters. The Morgan fingerprint density at radius 2 is 1.56 bits per heavy atom. The van der Waals surface area contributed by atoms with E-state index >= 15 is 0 Å². The van der Waals surface area contributed by atoms with Gasteiger partial charge in [-0.25, -0.2) is 9.78 Å². The minimum Gasteiger partial charge on any atom is -0.295 e. The van der Waals surface area contributed by atoms with Gasteiger partial charge >= 0.3 is 5.69 Å². The third kappa shape index (κ3) is 3.72. The average Bonchev–Trinajstić information content (AvgIpc) is 3.46. The normalized spacial score (nSPS) is 16.3. The standard InChI is InChI=1S/C28H25N5O/c34-28-32(24-13-11-22(12-14-24)21-7-2-1-3-8-21)26-10-6-17-30-27(26)33(28)25-15-18-31(20-25)19-23-9-4-5-16-29-23/h1-14,16-17,25H,15,18-20H2/t25-/m0/s1. The molecule has 168 valence electrons. The van der Waals surface area contributed by atoms with Crippen molar-refractivity contribution in [2.45, 2.75) is 19.0 Å². The molecule has 6 nitrogen and oxygen atoms in total. The van der Waals surface area contributed by atoms with E-state index in [0.717, 1.165) is 59.7 Å². The van der Waals surface area contributed by atoms with Crippen molar-refractivity contribution in [3.63, 3.8) is 0 Å². The Morgan fingerprint density at radius 1 is 0.794 bits per heavy atom. The molecular weight excluding hydrogens is 422 g/mol. The van der Waals surface area contributed by atoms with Crippen molar-refractivity contribution in [1.29, 1.82) is 0 Å². The highest BCUT2D eigenvalue weighted by atomic mass is 16.2. The Hall–Kier alpha value is -4.03. The molecule has 0 bridgehead atoms. The van der Waals surface area contributed by atoms with E-state index in [2.05, 4.69) is 39.1 Å². The van der Waals surface area contributed by atoms with Gasteiger partial charge in [0.25, 0.3) is 0 Å². The quantitative estimate of drug-likeness (QED) is 0.392. The average molecular weight is 448 g/mol. The molecule has 0 saturated carbocycles. The number of fused-ring (bicyclic) bond motifs is 1. The number of likely N-dealkylation sites (tertiary alicyclic amines) is 1. The lowest BCUT2D eigenvalue weighted by Crippen LogP contribution is -2.29. The van der Waals surface area contributed by atoms with Gasteiger partial charge in [0.05, 0.1) is 22.9 Å². The summed E-state index contributed by atoms with van der Waals surface area (Å²) < 4.78 is 3.68. The van der Waals surface area contributed by atoms with E-state index in [1.165, 1.54) is 0 Å². The molecule has 6 heteroatoms. The minimum atomic E-state index is -0.0363. The van der Waals surface area contributed by atoms with Crippen molar-refractivity contribution < 1.29 is 0 Å². The molecule has 5 aromatic rings. The molecule has 4 heterocycles. The second-order valence-electron chi connectivity index (χ2n) is 8.75. The number of benzene rings is 2. The highest BCUT2D eigenvalue weighted by molar-refractivity contribution is 5.75. The van der Waals surface area contributed by atoms with Crippen LogP contribution in [0.2, 0.25) is 0 Å². The first-order valence-corrected chi connectivity index (χ1v) is 11.6. The van der Waals surface area contributed by atoms with Gasteiger partial charge in [-0.15, -0.1) is 0 Å². The number of pyridine rings is 2. The minimum absolute atomic E-state index is 0.0363. The largest absolute Gasteiger partial charge is 0.335 e. The van der Waals surface area contributed by atoms with Gasteiger partial charge in [-0.1, -0.05) is 48.5 Å². The zero-order valence-electron chi connectivity index (χ0n) is 18.8. The molecule has 3 aromatic heterocycles. The van der Waals surface area contributed by atoms with Crippen LogP contribution in [0.25, 0.3) is 28.0 Å². The van der Waals surface area contributed by atoms with Gasteiger partial charge in [0.1, 0.15) is 0 Å². The summed E-state index contributed by atoms with van der Waals surface area (Å²) in [7, 11) is 0. The molecule has 0 amide bonds. The summed E-state index contributed by atoms with van der Waals surface area (Å²) in [4.78, 5) is 25.2. The Labute approximate surface area is 197 Å². The fraction of sp³-hybridized carbons (Fsp3) is 0.179. The van der Waals surface area contributed by atoms with Gasteiger partial charge in [-0.2, -0.15) is 0 Å². The maximum absolute atomic E-state index is 13.8. The van der Waals surface area contributed by atoms with E-state index in [-0.39, 0.29) is 11.7 Å². The second-order valence-corrected chi connectivity index (χ2v) is 8.75. The number of rotatable bonds is 5. The molecule has 0 spiro atoms. The summed E-state index contributed by atoms with van der Waals surface area (Å²) in [5.41, 5.74) is 5.72. The Morgan fingerprint density at radius 3 is 2.35 bits per heavy atom. The summed E-state index contributed by atoms with van der Waals surface area (Å²) in [6.07, 6.45) is 4.51. The maximum Gasteiger partial charge on any atom is 0.335 e. The van der Waals surface area contributed by atoms with Crippen LogP contribution in [-0.2, 0) is 6.54 Å². The molecule has 0 radical (unpaired) electrons. The van der Waals surface area contributed by atoms with Crippen LogP contribution in [0.1, 0.15) is 18.2 Å². The van der Waals surface area contributed by atoms with Crippen molar-refractivity contribution in [2.75, 3.05) is 13.1 Å². The molecule has 6 rings (SSSR count). The highest BCUT2D eigenvalue weighted by Crippen LogP contribution is 2.27. The molecule has 1 aliphatic rings. The third-order valence-corrected chi connectivity index (χ3v) is 6.59. The zero-order chi connectivity index (χ0) is 22.9. The van der Waals surface area contributed by atoms with Crippen molar-refractivity contribution in [3.8, 4) is 16.8 Å². The van der Waals surface area contributed by atoms with Gasteiger partial charge in [0, 0.05) is 32.0 Å². The van der Waals surface area contributed by atoms with Gasteiger partial charge in [0.15, 0.2) is 5.65 Å². The van der Waals surface area contributed by atoms with Crippen LogP contribution < -0.4 is 5.69 Å². The lowest BCUT2D eigenvalue weighted by Gasteiger charge is -2.16. The predicted octanol–water partition coefficient (Wildman–Crippen LogP) is 4.70. The fourth-order valence-electron chi connectivity index (χ4n) is 4.95. The van der Waals surface area contributed by atoms with E-state index in [1.54, 1.807) is 10.8 Å². The lowest BCUT2D eigenvalue weighted by molar-refractivity contribution is 0.312. The summed E-state index contributed by atoms with van der Waals surface area (Å²) in [6.45, 7) is 2.52. The van der Waals surface area contributed by atoms with E-state index in [1.807, 2.05) is 71.4 Å². The molecule has 1 fully saturated rings. The van der Waals surface area contributed by atoms with Crippen LogP contribution in [0.5, 0.6) is 0 Å². The molecule has 0 unspecified atom stereocenters. The third-order valence-electron chi connectivity index (χ3n) is 6.59. The number of nitrogens with zero attached hydrogens (tertiary/aromatic N) is 5. The van der Waals surface area contributed by atoms with Crippen molar-refractivity contribution in [1.82, 2.24) is 24.0 Å². The monoisotopic (exact) mass is 447 g/mol. The smallest absolute Gasteiger partial charge is 0.295 e. The summed E-state index contributed by atoms with van der Waals surface area (Å²) in [5.74, 6) is 0. The first-order valence-electron chi connectivity index (χ1n) is 11.6. The molecule has 0 aliphatic carbocycles. The zero-order valence-corrected chi connectivity index (χ0v) is 18.8. The van der Waals surface area contributed by atoms with Crippen LogP contribution in [-0.4, -0.2) is 37.1 Å². The highest BCUT2D eigenvalue weighted by Gasteiger charge is 2.29. The fourth-order valence-corrected chi connectivity index (χ4v) is 4.95. The topological polar surface area (TPSA) is 56.0 Å². The number of hydrogen-bond donors (Lipinski definition) is 0. The molecule has 2 aromatic carbocycles. The molecule has 34 heavy (non-hydrogen) atoms. The van der Waals surface area contributed by atoms with Crippen LogP contribution >= 0.6 is 0 Å². The first kappa shape index (κ1) is 20.6. The van der Waals surface area contributed by atoms with Crippen LogP contribution in [0.3, 0.4) is 0 Å². The van der Waals surface area contributed by atoms with Gasteiger partial charge in [-0.05, 0) is 53.9 Å². The predicted molar refractivity (Wildman–Crippen MR) is 134 cm³/mol.